The SMILES string of the molecule is CCCCCCCCCCCCC(=O)OCC[N+](C)(C)CC(O)C[N+](C)(C)CCOC(=O)CCCCCCCCCCCC.[Cl-].[Cl-]. The monoisotopic (exact) mass is 699 g/mol. The van der Waals surface area contributed by atoms with Crippen LogP contribution in [0.2, 0.25) is 0 Å². The molecule has 0 aromatic carbocycles. The Bertz CT molecular complexity index is 639. The Morgan fingerprint density at radius 2 is 0.761 bits per heavy atom. The van der Waals surface area contributed by atoms with Crippen LogP contribution < -0.4 is 24.8 Å². The Morgan fingerprint density at radius 3 is 1.04 bits per heavy atom. The summed E-state index contributed by atoms with van der Waals surface area (Å²) in [5, 5.41) is 10.8. The van der Waals surface area contributed by atoms with E-state index in [0.717, 1.165) is 25.7 Å². The highest BCUT2D eigenvalue weighted by atomic mass is 35.5. The van der Waals surface area contributed by atoms with Crippen LogP contribution in [0, 0.1) is 0 Å². The average Bonchev–Trinajstić information content (AvgIpc) is 2.94. The van der Waals surface area contributed by atoms with Crippen LogP contribution in [0.1, 0.15) is 155 Å². The zero-order valence-corrected chi connectivity index (χ0v) is 32.6. The van der Waals surface area contributed by atoms with E-state index < -0.39 is 6.10 Å². The summed E-state index contributed by atoms with van der Waals surface area (Å²) in [4.78, 5) is 24.3. The second kappa shape index (κ2) is 32.9. The van der Waals surface area contributed by atoms with Crippen molar-refractivity contribution >= 4 is 11.9 Å². The van der Waals surface area contributed by atoms with Crippen LogP contribution in [0.15, 0.2) is 0 Å². The minimum absolute atomic E-state index is 0. The predicted molar refractivity (Wildman–Crippen MR) is 185 cm³/mol. The van der Waals surface area contributed by atoms with Crippen LogP contribution in [0.25, 0.3) is 0 Å². The quantitative estimate of drug-likeness (QED) is 0.0663. The lowest BCUT2D eigenvalue weighted by atomic mass is 10.1. The molecule has 46 heavy (non-hydrogen) atoms. The molecule has 1 N–H and O–H groups in total. The molecule has 0 amide bonds. The molecular formula is C37H76Cl2N2O5. The van der Waals surface area contributed by atoms with Gasteiger partial charge in [0.05, 0.1) is 28.2 Å². The van der Waals surface area contributed by atoms with Crippen LogP contribution >= 0.6 is 0 Å². The summed E-state index contributed by atoms with van der Waals surface area (Å²) in [6.45, 7) is 7.76. The first-order valence-electron chi connectivity index (χ1n) is 18.6. The third-order valence-corrected chi connectivity index (χ3v) is 8.80. The summed E-state index contributed by atoms with van der Waals surface area (Å²) >= 11 is 0. The van der Waals surface area contributed by atoms with E-state index in [-0.39, 0.29) is 36.8 Å². The van der Waals surface area contributed by atoms with Crippen molar-refractivity contribution in [1.82, 2.24) is 0 Å². The Labute approximate surface area is 297 Å². The van der Waals surface area contributed by atoms with Gasteiger partial charge in [-0.05, 0) is 12.8 Å². The van der Waals surface area contributed by atoms with E-state index in [1.54, 1.807) is 0 Å². The minimum Gasteiger partial charge on any atom is -1.00 e. The van der Waals surface area contributed by atoms with Crippen LogP contribution in [-0.2, 0) is 19.1 Å². The number of nitrogens with zero attached hydrogens (tertiary/aromatic N) is 2. The fraction of sp³-hybridized carbons (Fsp3) is 0.946. The summed E-state index contributed by atoms with van der Waals surface area (Å²) in [5.41, 5.74) is 0. The fourth-order valence-corrected chi connectivity index (χ4v) is 5.85. The highest BCUT2D eigenvalue weighted by Gasteiger charge is 2.27. The van der Waals surface area contributed by atoms with Gasteiger partial charge in [-0.3, -0.25) is 9.59 Å². The predicted octanol–water partition coefficient (Wildman–Crippen LogP) is 2.22. The van der Waals surface area contributed by atoms with Crippen molar-refractivity contribution < 1.29 is 57.9 Å². The van der Waals surface area contributed by atoms with Gasteiger partial charge in [0.25, 0.3) is 0 Å². The smallest absolute Gasteiger partial charge is 0.305 e. The van der Waals surface area contributed by atoms with Crippen molar-refractivity contribution in [1.29, 1.82) is 0 Å². The molecular weight excluding hydrogens is 623 g/mol. The Morgan fingerprint density at radius 1 is 0.500 bits per heavy atom. The number of aliphatic hydroxyl groups excluding tert-OH is 1. The summed E-state index contributed by atoms with van der Waals surface area (Å²) in [5.74, 6) is -0.212. The first kappa shape index (κ1) is 49.8. The second-order valence-corrected chi connectivity index (χ2v) is 14.6. The zero-order valence-electron chi connectivity index (χ0n) is 31.1. The van der Waals surface area contributed by atoms with Gasteiger partial charge < -0.3 is 48.4 Å². The summed E-state index contributed by atoms with van der Waals surface area (Å²) < 4.78 is 12.2. The molecule has 7 nitrogen and oxygen atoms in total. The van der Waals surface area contributed by atoms with Crippen molar-refractivity contribution in [3.63, 3.8) is 0 Å². The first-order valence-corrected chi connectivity index (χ1v) is 18.6. The topological polar surface area (TPSA) is 72.8 Å². The third-order valence-electron chi connectivity index (χ3n) is 8.80. The molecule has 0 aliphatic carbocycles. The van der Waals surface area contributed by atoms with Gasteiger partial charge in [0.1, 0.15) is 39.4 Å². The van der Waals surface area contributed by atoms with Gasteiger partial charge in [0.15, 0.2) is 6.10 Å². The van der Waals surface area contributed by atoms with Crippen LogP contribution in [0.3, 0.4) is 0 Å². The molecule has 0 rings (SSSR count). The van der Waals surface area contributed by atoms with E-state index in [2.05, 4.69) is 42.0 Å². The Hall–Kier alpha value is -0.600. The second-order valence-electron chi connectivity index (χ2n) is 14.6. The number of likely N-dealkylation sites (N-methyl/N-ethyl adjacent to an activating group) is 2. The molecule has 0 bridgehead atoms. The van der Waals surface area contributed by atoms with Crippen LogP contribution in [0.4, 0.5) is 0 Å². The van der Waals surface area contributed by atoms with E-state index in [1.165, 1.54) is 103 Å². The molecule has 0 fully saturated rings. The molecule has 0 aliphatic rings. The lowest BCUT2D eigenvalue weighted by Gasteiger charge is -2.35. The molecule has 0 aromatic rings. The number of unbranched alkanes of at least 4 members (excludes halogenated alkanes) is 18. The van der Waals surface area contributed by atoms with E-state index >= 15 is 0 Å². The number of aliphatic hydroxyl groups is 1. The summed E-state index contributed by atoms with van der Waals surface area (Å²) in [7, 11) is 8.26. The summed E-state index contributed by atoms with van der Waals surface area (Å²) in [6.07, 6.45) is 25.6. The molecule has 0 radical (unpaired) electrons. The number of ether oxygens (including phenoxy) is 2. The van der Waals surface area contributed by atoms with Crippen molar-refractivity contribution in [2.45, 2.75) is 161 Å². The molecule has 0 aliphatic heterocycles. The third kappa shape index (κ3) is 34.7. The van der Waals surface area contributed by atoms with E-state index in [4.69, 9.17) is 9.47 Å². The number of hydrogen-bond donors (Lipinski definition) is 1. The van der Waals surface area contributed by atoms with Gasteiger partial charge in [-0.15, -0.1) is 0 Å². The number of esters is 2. The first-order chi connectivity index (χ1) is 21.0. The van der Waals surface area contributed by atoms with E-state index in [9.17, 15) is 14.7 Å². The highest BCUT2D eigenvalue weighted by molar-refractivity contribution is 5.69. The van der Waals surface area contributed by atoms with Gasteiger partial charge in [0, 0.05) is 12.8 Å². The number of rotatable bonds is 32. The van der Waals surface area contributed by atoms with Gasteiger partial charge in [-0.1, -0.05) is 129 Å². The van der Waals surface area contributed by atoms with E-state index in [1.807, 2.05) is 0 Å². The Balaban J connectivity index is -0.00000924. The molecule has 0 saturated heterocycles. The zero-order chi connectivity index (χ0) is 32.9. The van der Waals surface area contributed by atoms with Crippen molar-refractivity contribution in [2.24, 2.45) is 0 Å². The molecule has 0 aromatic heterocycles. The van der Waals surface area contributed by atoms with Crippen LogP contribution in [-0.4, -0.2) is 99.7 Å². The molecule has 0 atom stereocenters. The number of carbonyl (C=O) groups excluding carboxylic acids is 2. The number of halogens is 2. The lowest BCUT2D eigenvalue weighted by molar-refractivity contribution is -0.914. The van der Waals surface area contributed by atoms with Gasteiger partial charge >= 0.3 is 11.9 Å². The molecule has 0 unspecified atom stereocenters. The van der Waals surface area contributed by atoms with Crippen molar-refractivity contribution in [2.75, 3.05) is 67.6 Å². The van der Waals surface area contributed by atoms with Gasteiger partial charge in [-0.2, -0.15) is 0 Å². The Kier molecular flexibility index (Phi) is 35.6. The van der Waals surface area contributed by atoms with Crippen LogP contribution in [0.5, 0.6) is 0 Å². The van der Waals surface area contributed by atoms with Gasteiger partial charge in [0.2, 0.25) is 0 Å². The molecule has 0 saturated carbocycles. The molecule has 9 heteroatoms. The maximum Gasteiger partial charge on any atom is 0.305 e. The standard InChI is InChI=1S/C37H76N2O5.2ClH/c1-7-9-11-13-15-17-19-21-23-25-27-36(41)43-31-29-38(3,4)33-35(40)34-39(5,6)30-32-44-37(42)28-26-24-22-20-18-16-14-12-10-8-2;;/h35,40H,7-34H2,1-6H3;2*1H/q+2;;/p-2. The summed E-state index contributed by atoms with van der Waals surface area (Å²) in [6, 6.07) is 0. The maximum atomic E-state index is 12.2. The van der Waals surface area contributed by atoms with Crippen molar-refractivity contribution in [3.05, 3.63) is 0 Å². The van der Waals surface area contributed by atoms with Gasteiger partial charge in [-0.25, -0.2) is 0 Å². The van der Waals surface area contributed by atoms with Crippen molar-refractivity contribution in [3.8, 4) is 0 Å². The number of hydrogen-bond acceptors (Lipinski definition) is 5. The largest absolute Gasteiger partial charge is 1.00 e. The molecule has 0 heterocycles. The lowest BCUT2D eigenvalue weighted by Crippen LogP contribution is -3.00. The number of quaternary nitrogens is 2. The minimum atomic E-state index is -0.496. The average molecular weight is 700 g/mol. The molecule has 278 valence electrons. The molecule has 0 spiro atoms. The fourth-order valence-electron chi connectivity index (χ4n) is 5.85. The highest BCUT2D eigenvalue weighted by Crippen LogP contribution is 2.13. The normalized spacial score (nSPS) is 11.7. The maximum absolute atomic E-state index is 12.2. The number of carbonyl (C=O) groups is 2. The van der Waals surface area contributed by atoms with E-state index in [0.29, 0.717) is 61.2 Å².